The molecule has 0 radical (unpaired) electrons. The second-order valence-corrected chi connectivity index (χ2v) is 4.69. The van der Waals surface area contributed by atoms with E-state index in [0.29, 0.717) is 18.3 Å². The van der Waals surface area contributed by atoms with E-state index in [1.54, 1.807) is 18.2 Å². The van der Waals surface area contributed by atoms with Crippen LogP contribution in [0.2, 0.25) is 0 Å². The van der Waals surface area contributed by atoms with Gasteiger partial charge in [-0.25, -0.2) is 4.39 Å². The summed E-state index contributed by atoms with van der Waals surface area (Å²) in [6.07, 6.45) is 2.18. The molecule has 0 aliphatic heterocycles. The summed E-state index contributed by atoms with van der Waals surface area (Å²) in [7, 11) is 0. The van der Waals surface area contributed by atoms with Gasteiger partial charge in [0, 0.05) is 6.04 Å². The summed E-state index contributed by atoms with van der Waals surface area (Å²) in [5.74, 6) is 0.559. The lowest BCUT2D eigenvalue weighted by Gasteiger charge is -2.24. The largest absolute Gasteiger partial charge is 0.489 e. The highest BCUT2D eigenvalue weighted by Crippen LogP contribution is 2.17. The topological polar surface area (TPSA) is 21.3 Å². The highest BCUT2D eigenvalue weighted by molar-refractivity contribution is 5.23. The van der Waals surface area contributed by atoms with Gasteiger partial charge in [-0.3, -0.25) is 0 Å². The van der Waals surface area contributed by atoms with E-state index in [-0.39, 0.29) is 11.9 Å². The van der Waals surface area contributed by atoms with Gasteiger partial charge in [0.25, 0.3) is 0 Å². The molecule has 1 rings (SSSR count). The molecule has 0 bridgehead atoms. The van der Waals surface area contributed by atoms with E-state index in [1.807, 2.05) is 0 Å². The van der Waals surface area contributed by atoms with Crippen LogP contribution in [0.25, 0.3) is 0 Å². The van der Waals surface area contributed by atoms with Gasteiger partial charge in [0.2, 0.25) is 0 Å². The molecule has 0 saturated heterocycles. The Morgan fingerprint density at radius 2 is 2.00 bits per heavy atom. The Hall–Kier alpha value is -1.09. The SMILES string of the molecule is CCCNC(COc1ccccc1F)C(C)CC. The van der Waals surface area contributed by atoms with E-state index in [4.69, 9.17) is 4.74 Å². The number of benzene rings is 1. The maximum absolute atomic E-state index is 13.4. The van der Waals surface area contributed by atoms with E-state index in [9.17, 15) is 4.39 Å². The monoisotopic (exact) mass is 253 g/mol. The Labute approximate surface area is 110 Å². The lowest BCUT2D eigenvalue weighted by Crippen LogP contribution is -2.40. The average molecular weight is 253 g/mol. The lowest BCUT2D eigenvalue weighted by molar-refractivity contribution is 0.214. The second kappa shape index (κ2) is 8.09. The minimum absolute atomic E-state index is 0.273. The number of nitrogens with one attached hydrogen (secondary N) is 1. The number of hydrogen-bond acceptors (Lipinski definition) is 2. The van der Waals surface area contributed by atoms with Crippen molar-refractivity contribution in [3.63, 3.8) is 0 Å². The van der Waals surface area contributed by atoms with Crippen molar-refractivity contribution in [1.82, 2.24) is 5.32 Å². The quantitative estimate of drug-likeness (QED) is 0.764. The van der Waals surface area contributed by atoms with E-state index < -0.39 is 0 Å². The van der Waals surface area contributed by atoms with Crippen LogP contribution in [0.1, 0.15) is 33.6 Å². The van der Waals surface area contributed by atoms with E-state index >= 15 is 0 Å². The van der Waals surface area contributed by atoms with Crippen LogP contribution in [-0.4, -0.2) is 19.2 Å². The number of rotatable bonds is 8. The highest BCUT2D eigenvalue weighted by Gasteiger charge is 2.16. The molecule has 0 aliphatic rings. The fraction of sp³-hybridized carbons (Fsp3) is 0.600. The van der Waals surface area contributed by atoms with Gasteiger partial charge in [-0.2, -0.15) is 0 Å². The van der Waals surface area contributed by atoms with Crippen molar-refractivity contribution in [2.45, 2.75) is 39.7 Å². The van der Waals surface area contributed by atoms with Crippen molar-refractivity contribution in [1.29, 1.82) is 0 Å². The Kier molecular flexibility index (Phi) is 6.73. The Morgan fingerprint density at radius 3 is 2.61 bits per heavy atom. The van der Waals surface area contributed by atoms with Crippen LogP contribution in [0.4, 0.5) is 4.39 Å². The number of halogens is 1. The molecule has 2 unspecified atom stereocenters. The molecule has 3 heteroatoms. The standard InChI is InChI=1S/C15H24FNO/c1-4-10-17-14(12(3)5-2)11-18-15-9-7-6-8-13(15)16/h6-9,12,14,17H,4-5,10-11H2,1-3H3. The molecule has 1 aromatic carbocycles. The fourth-order valence-corrected chi connectivity index (χ4v) is 1.78. The second-order valence-electron chi connectivity index (χ2n) is 4.69. The summed E-state index contributed by atoms with van der Waals surface area (Å²) in [4.78, 5) is 0. The maximum Gasteiger partial charge on any atom is 0.165 e. The average Bonchev–Trinajstić information content (AvgIpc) is 2.40. The van der Waals surface area contributed by atoms with Gasteiger partial charge >= 0.3 is 0 Å². The van der Waals surface area contributed by atoms with Crippen LogP contribution in [0.15, 0.2) is 24.3 Å². The predicted octanol–water partition coefficient (Wildman–Crippen LogP) is 3.62. The first-order valence-electron chi connectivity index (χ1n) is 6.79. The zero-order valence-corrected chi connectivity index (χ0v) is 11.6. The van der Waals surface area contributed by atoms with E-state index in [2.05, 4.69) is 26.1 Å². The Morgan fingerprint density at radius 1 is 1.28 bits per heavy atom. The molecule has 0 amide bonds. The minimum atomic E-state index is -0.295. The van der Waals surface area contributed by atoms with Gasteiger partial charge in [-0.1, -0.05) is 39.3 Å². The molecule has 0 spiro atoms. The van der Waals surface area contributed by atoms with Crippen molar-refractivity contribution in [3.8, 4) is 5.75 Å². The first kappa shape index (κ1) is 15.0. The number of para-hydroxylation sites is 1. The van der Waals surface area contributed by atoms with Crippen LogP contribution in [0.5, 0.6) is 5.75 Å². The van der Waals surface area contributed by atoms with Crippen LogP contribution in [0, 0.1) is 11.7 Å². The molecule has 102 valence electrons. The number of ether oxygens (including phenoxy) is 1. The van der Waals surface area contributed by atoms with Gasteiger partial charge in [0.05, 0.1) is 0 Å². The van der Waals surface area contributed by atoms with Crippen LogP contribution < -0.4 is 10.1 Å². The van der Waals surface area contributed by atoms with Crippen LogP contribution in [-0.2, 0) is 0 Å². The van der Waals surface area contributed by atoms with Crippen molar-refractivity contribution in [3.05, 3.63) is 30.1 Å². The summed E-state index contributed by atoms with van der Waals surface area (Å²) in [5.41, 5.74) is 0. The lowest BCUT2D eigenvalue weighted by atomic mass is 10.00. The minimum Gasteiger partial charge on any atom is -0.489 e. The molecule has 1 aromatic rings. The molecule has 1 N–H and O–H groups in total. The summed E-state index contributed by atoms with van der Waals surface area (Å²) in [6.45, 7) is 7.97. The van der Waals surface area contributed by atoms with Crippen molar-refractivity contribution < 1.29 is 9.13 Å². The van der Waals surface area contributed by atoms with Gasteiger partial charge in [-0.15, -0.1) is 0 Å². The predicted molar refractivity (Wildman–Crippen MR) is 73.4 cm³/mol. The molecule has 2 atom stereocenters. The number of hydrogen-bond donors (Lipinski definition) is 1. The third-order valence-electron chi connectivity index (χ3n) is 3.24. The molecule has 0 heterocycles. The zero-order chi connectivity index (χ0) is 13.4. The van der Waals surface area contributed by atoms with E-state index in [1.165, 1.54) is 6.07 Å². The van der Waals surface area contributed by atoms with Gasteiger partial charge in [-0.05, 0) is 31.0 Å². The Bertz CT molecular complexity index is 343. The summed E-state index contributed by atoms with van der Waals surface area (Å²) < 4.78 is 19.0. The molecule has 18 heavy (non-hydrogen) atoms. The van der Waals surface area contributed by atoms with E-state index in [0.717, 1.165) is 19.4 Å². The maximum atomic E-state index is 13.4. The van der Waals surface area contributed by atoms with Gasteiger partial charge in [0.15, 0.2) is 11.6 Å². The third-order valence-corrected chi connectivity index (χ3v) is 3.24. The highest BCUT2D eigenvalue weighted by atomic mass is 19.1. The van der Waals surface area contributed by atoms with Crippen molar-refractivity contribution in [2.24, 2.45) is 5.92 Å². The first-order valence-corrected chi connectivity index (χ1v) is 6.79. The van der Waals surface area contributed by atoms with Crippen molar-refractivity contribution >= 4 is 0 Å². The first-order chi connectivity index (χ1) is 8.69. The third kappa shape index (κ3) is 4.65. The molecular weight excluding hydrogens is 229 g/mol. The van der Waals surface area contributed by atoms with Crippen LogP contribution >= 0.6 is 0 Å². The Balaban J connectivity index is 2.53. The molecule has 0 aromatic heterocycles. The summed E-state index contributed by atoms with van der Waals surface area (Å²) in [6, 6.07) is 6.82. The molecule has 2 nitrogen and oxygen atoms in total. The zero-order valence-electron chi connectivity index (χ0n) is 11.6. The van der Waals surface area contributed by atoms with Crippen LogP contribution in [0.3, 0.4) is 0 Å². The molecule has 0 saturated carbocycles. The summed E-state index contributed by atoms with van der Waals surface area (Å²) >= 11 is 0. The van der Waals surface area contributed by atoms with Crippen molar-refractivity contribution in [2.75, 3.05) is 13.2 Å². The fourth-order valence-electron chi connectivity index (χ4n) is 1.78. The summed E-state index contributed by atoms with van der Waals surface area (Å²) in [5, 5.41) is 3.46. The normalized spacial score (nSPS) is 14.2. The van der Waals surface area contributed by atoms with Gasteiger partial charge in [0.1, 0.15) is 6.61 Å². The molecular formula is C15H24FNO. The molecule has 0 fully saturated rings. The van der Waals surface area contributed by atoms with Gasteiger partial charge < -0.3 is 10.1 Å². The smallest absolute Gasteiger partial charge is 0.165 e. The molecule has 0 aliphatic carbocycles.